The van der Waals surface area contributed by atoms with Crippen LogP contribution in [0.25, 0.3) is 0 Å². The third kappa shape index (κ3) is 2.62. The molecule has 1 atom stereocenters. The van der Waals surface area contributed by atoms with E-state index in [1.165, 1.54) is 40.5 Å². The molecule has 0 radical (unpaired) electrons. The fourth-order valence-corrected chi connectivity index (χ4v) is 3.10. The van der Waals surface area contributed by atoms with Gasteiger partial charge >= 0.3 is 5.97 Å². The molecule has 1 amide bonds. The minimum Gasteiger partial charge on any atom is -0.480 e. The molecule has 1 aliphatic rings. The summed E-state index contributed by atoms with van der Waals surface area (Å²) in [5.41, 5.74) is -0.0658. The van der Waals surface area contributed by atoms with E-state index in [0.29, 0.717) is 18.1 Å². The molecule has 1 aromatic rings. The summed E-state index contributed by atoms with van der Waals surface area (Å²) in [5, 5.41) is 19.9. The standard InChI is InChI=1S/C11H13N3O5S/c1-12-5-7(14(18)19)4-8(12)10(15)13-2-3-20-6-9(13)11(16)17/h4-5,9H,2-3,6H2,1H3,(H,16,17). The molecular weight excluding hydrogens is 286 g/mol. The Bertz CT molecular complexity index is 570. The summed E-state index contributed by atoms with van der Waals surface area (Å²) in [5.74, 6) is -0.571. The summed E-state index contributed by atoms with van der Waals surface area (Å²) in [4.78, 5) is 34.9. The first-order valence-electron chi connectivity index (χ1n) is 5.84. The minimum absolute atomic E-state index is 0.120. The van der Waals surface area contributed by atoms with Crippen LogP contribution in [0.5, 0.6) is 0 Å². The topological polar surface area (TPSA) is 106 Å². The van der Waals surface area contributed by atoms with Gasteiger partial charge in [-0.2, -0.15) is 11.8 Å². The van der Waals surface area contributed by atoms with Gasteiger partial charge in [-0.15, -0.1) is 0 Å². The summed E-state index contributed by atoms with van der Waals surface area (Å²) in [7, 11) is 1.52. The number of aryl methyl sites for hydroxylation is 1. The lowest BCUT2D eigenvalue weighted by molar-refractivity contribution is -0.384. The molecule has 1 saturated heterocycles. The number of carboxylic acids is 1. The van der Waals surface area contributed by atoms with Crippen LogP contribution >= 0.6 is 11.8 Å². The molecule has 108 valence electrons. The number of amides is 1. The maximum Gasteiger partial charge on any atom is 0.327 e. The van der Waals surface area contributed by atoms with Gasteiger partial charge in [0.05, 0.1) is 11.1 Å². The molecule has 1 aliphatic heterocycles. The number of thioether (sulfide) groups is 1. The summed E-state index contributed by atoms with van der Waals surface area (Å²) >= 11 is 1.47. The van der Waals surface area contributed by atoms with Crippen LogP contribution in [0.1, 0.15) is 10.5 Å². The van der Waals surface area contributed by atoms with Crippen molar-refractivity contribution >= 4 is 29.3 Å². The van der Waals surface area contributed by atoms with Crippen LogP contribution in [-0.4, -0.2) is 55.5 Å². The van der Waals surface area contributed by atoms with Gasteiger partial charge in [0.1, 0.15) is 11.7 Å². The molecule has 0 spiro atoms. The van der Waals surface area contributed by atoms with Crippen molar-refractivity contribution in [3.05, 3.63) is 28.1 Å². The Morgan fingerprint density at radius 2 is 2.25 bits per heavy atom. The minimum atomic E-state index is -1.06. The van der Waals surface area contributed by atoms with Crippen LogP contribution in [0.4, 0.5) is 5.69 Å². The highest BCUT2D eigenvalue weighted by molar-refractivity contribution is 7.99. The number of aliphatic carboxylic acids is 1. The maximum atomic E-state index is 12.4. The maximum absolute atomic E-state index is 12.4. The lowest BCUT2D eigenvalue weighted by Gasteiger charge is -2.32. The Labute approximate surface area is 118 Å². The van der Waals surface area contributed by atoms with E-state index < -0.39 is 22.8 Å². The summed E-state index contributed by atoms with van der Waals surface area (Å²) in [6.45, 7) is 0.319. The van der Waals surface area contributed by atoms with Crippen molar-refractivity contribution in [1.82, 2.24) is 9.47 Å². The van der Waals surface area contributed by atoms with Crippen molar-refractivity contribution in [3.63, 3.8) is 0 Å². The molecule has 20 heavy (non-hydrogen) atoms. The third-order valence-corrected chi connectivity index (χ3v) is 4.12. The van der Waals surface area contributed by atoms with Gasteiger partial charge in [0, 0.05) is 31.2 Å². The highest BCUT2D eigenvalue weighted by atomic mass is 32.2. The summed E-state index contributed by atoms with van der Waals surface area (Å²) in [6.07, 6.45) is 1.24. The van der Waals surface area contributed by atoms with Crippen LogP contribution in [0.2, 0.25) is 0 Å². The van der Waals surface area contributed by atoms with Crippen LogP contribution < -0.4 is 0 Å². The molecule has 0 bridgehead atoms. The smallest absolute Gasteiger partial charge is 0.327 e. The van der Waals surface area contributed by atoms with Crippen LogP contribution in [0, 0.1) is 10.1 Å². The van der Waals surface area contributed by atoms with Gasteiger partial charge in [-0.1, -0.05) is 0 Å². The van der Waals surface area contributed by atoms with Crippen LogP contribution in [-0.2, 0) is 11.8 Å². The average Bonchev–Trinajstić information content (AvgIpc) is 2.80. The van der Waals surface area contributed by atoms with Crippen molar-refractivity contribution in [3.8, 4) is 0 Å². The first-order chi connectivity index (χ1) is 9.41. The number of carbonyl (C=O) groups is 2. The van der Waals surface area contributed by atoms with E-state index >= 15 is 0 Å². The van der Waals surface area contributed by atoms with Crippen molar-refractivity contribution in [1.29, 1.82) is 0 Å². The van der Waals surface area contributed by atoms with E-state index in [1.807, 2.05) is 0 Å². The predicted molar refractivity (Wildman–Crippen MR) is 71.9 cm³/mol. The van der Waals surface area contributed by atoms with E-state index in [2.05, 4.69) is 0 Å². The van der Waals surface area contributed by atoms with Gasteiger partial charge in [-0.05, 0) is 0 Å². The summed E-state index contributed by atoms with van der Waals surface area (Å²) in [6, 6.07) is 0.276. The number of nitro groups is 1. The van der Waals surface area contributed by atoms with E-state index in [0.717, 1.165) is 0 Å². The fraction of sp³-hybridized carbons (Fsp3) is 0.455. The van der Waals surface area contributed by atoms with E-state index in [9.17, 15) is 19.7 Å². The third-order valence-electron chi connectivity index (χ3n) is 3.09. The molecule has 2 heterocycles. The molecule has 0 aromatic carbocycles. The van der Waals surface area contributed by atoms with Crippen LogP contribution in [0.15, 0.2) is 12.3 Å². The highest BCUT2D eigenvalue weighted by Crippen LogP contribution is 2.22. The van der Waals surface area contributed by atoms with E-state index in [-0.39, 0.29) is 11.4 Å². The average molecular weight is 299 g/mol. The molecular formula is C11H13N3O5S. The van der Waals surface area contributed by atoms with E-state index in [1.54, 1.807) is 0 Å². The second-order valence-corrected chi connectivity index (χ2v) is 5.53. The molecule has 1 aromatic heterocycles. The zero-order chi connectivity index (χ0) is 14.9. The van der Waals surface area contributed by atoms with Crippen LogP contribution in [0.3, 0.4) is 0 Å². The molecule has 1 N–H and O–H groups in total. The molecule has 0 saturated carbocycles. The Hall–Kier alpha value is -2.03. The Morgan fingerprint density at radius 1 is 1.55 bits per heavy atom. The van der Waals surface area contributed by atoms with Crippen molar-refractivity contribution < 1.29 is 19.6 Å². The first kappa shape index (κ1) is 14.4. The fourth-order valence-electron chi connectivity index (χ4n) is 2.06. The number of hydrogen-bond acceptors (Lipinski definition) is 5. The Kier molecular flexibility index (Phi) is 3.98. The second-order valence-electron chi connectivity index (χ2n) is 4.38. The first-order valence-corrected chi connectivity index (χ1v) is 6.99. The second kappa shape index (κ2) is 5.53. The number of carboxylic acid groups (broad SMARTS) is 1. The number of hydrogen-bond donors (Lipinski definition) is 1. The van der Waals surface area contributed by atoms with Gasteiger partial charge in [-0.3, -0.25) is 14.9 Å². The highest BCUT2D eigenvalue weighted by Gasteiger charge is 2.34. The Morgan fingerprint density at radius 3 is 2.80 bits per heavy atom. The lowest BCUT2D eigenvalue weighted by atomic mass is 10.2. The molecule has 1 fully saturated rings. The molecule has 1 unspecified atom stereocenters. The van der Waals surface area contributed by atoms with Crippen molar-refractivity contribution in [2.45, 2.75) is 6.04 Å². The number of rotatable bonds is 3. The molecule has 8 nitrogen and oxygen atoms in total. The molecule has 2 rings (SSSR count). The zero-order valence-corrected chi connectivity index (χ0v) is 11.5. The van der Waals surface area contributed by atoms with Gasteiger partial charge in [-0.25, -0.2) is 4.79 Å². The van der Waals surface area contributed by atoms with Gasteiger partial charge < -0.3 is 14.6 Å². The number of carbonyl (C=O) groups excluding carboxylic acids is 1. The molecule has 9 heteroatoms. The summed E-state index contributed by atoms with van der Waals surface area (Å²) < 4.78 is 1.35. The molecule has 0 aliphatic carbocycles. The van der Waals surface area contributed by atoms with E-state index in [4.69, 9.17) is 5.11 Å². The van der Waals surface area contributed by atoms with Gasteiger partial charge in [0.15, 0.2) is 0 Å². The predicted octanol–water partition coefficient (Wildman–Crippen LogP) is 0.575. The largest absolute Gasteiger partial charge is 0.480 e. The SMILES string of the molecule is Cn1cc([N+](=O)[O-])cc1C(=O)N1CCSCC1C(=O)O. The van der Waals surface area contributed by atoms with Gasteiger partial charge in [0.2, 0.25) is 0 Å². The normalized spacial score (nSPS) is 18.9. The monoisotopic (exact) mass is 299 g/mol. The lowest BCUT2D eigenvalue weighted by Crippen LogP contribution is -2.50. The van der Waals surface area contributed by atoms with Crippen molar-refractivity contribution in [2.75, 3.05) is 18.1 Å². The Balaban J connectivity index is 2.29. The quantitative estimate of drug-likeness (QED) is 0.646. The van der Waals surface area contributed by atoms with Gasteiger partial charge in [0.25, 0.3) is 11.6 Å². The zero-order valence-electron chi connectivity index (χ0n) is 10.7. The number of aromatic nitrogens is 1. The van der Waals surface area contributed by atoms with Crippen molar-refractivity contribution in [2.24, 2.45) is 7.05 Å². The number of nitrogens with zero attached hydrogens (tertiary/aromatic N) is 3.